The lowest BCUT2D eigenvalue weighted by molar-refractivity contribution is 0.299. The predicted octanol–water partition coefficient (Wildman–Crippen LogP) is 1.06. The Bertz CT molecular complexity index is 302. The number of pyridine rings is 1. The van der Waals surface area contributed by atoms with Crippen molar-refractivity contribution >= 4 is 12.6 Å². The molecule has 0 aliphatic carbocycles. The summed E-state index contributed by atoms with van der Waals surface area (Å²) in [6.45, 7) is 1.80. The monoisotopic (exact) mass is 199 g/mol. The smallest absolute Gasteiger partial charge is 0.141 e. The van der Waals surface area contributed by atoms with E-state index in [1.165, 1.54) is 0 Å². The van der Waals surface area contributed by atoms with Crippen LogP contribution < -0.4 is 0 Å². The van der Waals surface area contributed by atoms with E-state index in [0.717, 1.165) is 11.1 Å². The van der Waals surface area contributed by atoms with E-state index in [1.54, 1.807) is 13.1 Å². The SMILES string of the molecule is Cc1ncc(CCO)c(CS)c1O. The van der Waals surface area contributed by atoms with Crippen molar-refractivity contribution in [2.75, 3.05) is 6.61 Å². The Morgan fingerprint density at radius 2 is 2.23 bits per heavy atom. The van der Waals surface area contributed by atoms with E-state index in [4.69, 9.17) is 5.11 Å². The van der Waals surface area contributed by atoms with Gasteiger partial charge in [-0.3, -0.25) is 4.98 Å². The van der Waals surface area contributed by atoms with Crippen molar-refractivity contribution in [2.24, 2.45) is 0 Å². The van der Waals surface area contributed by atoms with Gasteiger partial charge in [0.1, 0.15) is 5.75 Å². The Hall–Kier alpha value is -0.740. The maximum Gasteiger partial charge on any atom is 0.141 e. The van der Waals surface area contributed by atoms with E-state index in [0.29, 0.717) is 17.9 Å². The van der Waals surface area contributed by atoms with Gasteiger partial charge in [-0.1, -0.05) is 0 Å². The molecule has 2 N–H and O–H groups in total. The molecule has 0 unspecified atom stereocenters. The van der Waals surface area contributed by atoms with Gasteiger partial charge in [-0.2, -0.15) is 12.6 Å². The van der Waals surface area contributed by atoms with Crippen molar-refractivity contribution in [3.05, 3.63) is 23.0 Å². The molecule has 0 atom stereocenters. The lowest BCUT2D eigenvalue weighted by Crippen LogP contribution is -1.99. The minimum Gasteiger partial charge on any atom is -0.506 e. The quantitative estimate of drug-likeness (QED) is 0.638. The van der Waals surface area contributed by atoms with Gasteiger partial charge < -0.3 is 10.2 Å². The molecule has 1 aromatic heterocycles. The molecule has 72 valence electrons. The summed E-state index contributed by atoms with van der Waals surface area (Å²) in [6, 6.07) is 0. The van der Waals surface area contributed by atoms with Crippen molar-refractivity contribution in [3.63, 3.8) is 0 Å². The first kappa shape index (κ1) is 10.3. The zero-order valence-corrected chi connectivity index (χ0v) is 8.38. The van der Waals surface area contributed by atoms with E-state index < -0.39 is 0 Å². The zero-order chi connectivity index (χ0) is 9.84. The number of nitrogens with zero attached hydrogens (tertiary/aromatic N) is 1. The topological polar surface area (TPSA) is 53.4 Å². The van der Waals surface area contributed by atoms with Crippen LogP contribution in [0.3, 0.4) is 0 Å². The fourth-order valence-corrected chi connectivity index (χ4v) is 1.55. The number of aromatic nitrogens is 1. The minimum absolute atomic E-state index is 0.0605. The molecule has 0 aromatic carbocycles. The van der Waals surface area contributed by atoms with Crippen molar-refractivity contribution in [1.29, 1.82) is 0 Å². The highest BCUT2D eigenvalue weighted by molar-refractivity contribution is 7.79. The summed E-state index contributed by atoms with van der Waals surface area (Å²) in [4.78, 5) is 4.01. The number of rotatable bonds is 3. The lowest BCUT2D eigenvalue weighted by Gasteiger charge is -2.09. The summed E-state index contributed by atoms with van der Waals surface area (Å²) in [5, 5.41) is 18.4. The molecule has 1 heterocycles. The van der Waals surface area contributed by atoms with E-state index in [1.807, 2.05) is 0 Å². The first-order valence-corrected chi connectivity index (χ1v) is 4.72. The maximum atomic E-state index is 9.61. The highest BCUT2D eigenvalue weighted by atomic mass is 32.1. The summed E-state index contributed by atoms with van der Waals surface area (Å²) in [5.41, 5.74) is 2.23. The molecule has 0 aliphatic rings. The van der Waals surface area contributed by atoms with Crippen LogP contribution in [0, 0.1) is 6.92 Å². The standard InChI is InChI=1S/C9H13NO2S/c1-6-9(12)8(5-13)7(2-3-11)4-10-6/h4,11-13H,2-3,5H2,1H3. The molecular formula is C9H13NO2S. The van der Waals surface area contributed by atoms with E-state index >= 15 is 0 Å². The maximum absolute atomic E-state index is 9.61. The fourth-order valence-electron chi connectivity index (χ4n) is 1.20. The second-order valence-corrected chi connectivity index (χ2v) is 3.14. The predicted molar refractivity (Wildman–Crippen MR) is 54.1 cm³/mol. The average molecular weight is 199 g/mol. The van der Waals surface area contributed by atoms with Gasteiger partial charge in [0.05, 0.1) is 5.69 Å². The van der Waals surface area contributed by atoms with Gasteiger partial charge in [-0.25, -0.2) is 0 Å². The third kappa shape index (κ3) is 2.14. The van der Waals surface area contributed by atoms with Gasteiger partial charge in [0.15, 0.2) is 0 Å². The van der Waals surface area contributed by atoms with Crippen LogP contribution in [0.5, 0.6) is 5.75 Å². The molecule has 0 saturated carbocycles. The molecule has 0 amide bonds. The molecule has 13 heavy (non-hydrogen) atoms. The molecule has 3 nitrogen and oxygen atoms in total. The Balaban J connectivity index is 3.13. The second kappa shape index (κ2) is 4.48. The van der Waals surface area contributed by atoms with Crippen LogP contribution in [-0.2, 0) is 12.2 Å². The normalized spacial score (nSPS) is 10.4. The molecule has 4 heteroatoms. The van der Waals surface area contributed by atoms with Gasteiger partial charge in [-0.15, -0.1) is 0 Å². The number of aryl methyl sites for hydroxylation is 1. The van der Waals surface area contributed by atoms with Crippen LogP contribution in [0.1, 0.15) is 16.8 Å². The summed E-state index contributed by atoms with van der Waals surface area (Å²) in [6.07, 6.45) is 2.19. The first-order valence-electron chi connectivity index (χ1n) is 4.08. The minimum atomic E-state index is 0.0605. The van der Waals surface area contributed by atoms with Crippen LogP contribution >= 0.6 is 12.6 Å². The fraction of sp³-hybridized carbons (Fsp3) is 0.444. The highest BCUT2D eigenvalue weighted by Gasteiger charge is 2.09. The largest absolute Gasteiger partial charge is 0.506 e. The Morgan fingerprint density at radius 1 is 1.54 bits per heavy atom. The molecular weight excluding hydrogens is 186 g/mol. The van der Waals surface area contributed by atoms with Crippen LogP contribution in [0.4, 0.5) is 0 Å². The molecule has 0 fully saturated rings. The van der Waals surface area contributed by atoms with E-state index in [2.05, 4.69) is 17.6 Å². The van der Waals surface area contributed by atoms with Crippen molar-refractivity contribution in [1.82, 2.24) is 4.98 Å². The molecule has 0 radical (unpaired) electrons. The Morgan fingerprint density at radius 3 is 2.77 bits per heavy atom. The molecule has 0 aliphatic heterocycles. The molecule has 0 bridgehead atoms. The van der Waals surface area contributed by atoms with Crippen LogP contribution in [-0.4, -0.2) is 21.8 Å². The molecule has 1 aromatic rings. The van der Waals surface area contributed by atoms with Crippen molar-refractivity contribution < 1.29 is 10.2 Å². The summed E-state index contributed by atoms with van der Waals surface area (Å²) >= 11 is 4.12. The third-order valence-electron chi connectivity index (χ3n) is 1.97. The van der Waals surface area contributed by atoms with Crippen LogP contribution in [0.2, 0.25) is 0 Å². The summed E-state index contributed by atoms with van der Waals surface area (Å²) < 4.78 is 0. The molecule has 1 rings (SSSR count). The molecule has 0 saturated heterocycles. The second-order valence-electron chi connectivity index (χ2n) is 2.83. The van der Waals surface area contributed by atoms with Gasteiger partial charge >= 0.3 is 0 Å². The van der Waals surface area contributed by atoms with Crippen molar-refractivity contribution in [3.8, 4) is 5.75 Å². The summed E-state index contributed by atoms with van der Waals surface area (Å²) in [7, 11) is 0. The highest BCUT2D eigenvalue weighted by Crippen LogP contribution is 2.25. The van der Waals surface area contributed by atoms with E-state index in [9.17, 15) is 5.11 Å². The third-order valence-corrected chi connectivity index (χ3v) is 2.29. The first-order chi connectivity index (χ1) is 6.20. The Kier molecular flexibility index (Phi) is 3.57. The molecule has 0 spiro atoms. The lowest BCUT2D eigenvalue weighted by atomic mass is 10.1. The zero-order valence-electron chi connectivity index (χ0n) is 7.49. The number of aliphatic hydroxyl groups excluding tert-OH is 1. The number of aromatic hydroxyl groups is 1. The van der Waals surface area contributed by atoms with E-state index in [-0.39, 0.29) is 12.4 Å². The Labute approximate surface area is 82.9 Å². The summed E-state index contributed by atoms with van der Waals surface area (Å²) in [5.74, 6) is 0.658. The van der Waals surface area contributed by atoms with Crippen molar-refractivity contribution in [2.45, 2.75) is 19.1 Å². The van der Waals surface area contributed by atoms with Gasteiger partial charge in [0.2, 0.25) is 0 Å². The number of thiol groups is 1. The van der Waals surface area contributed by atoms with Gasteiger partial charge in [-0.05, 0) is 18.9 Å². The van der Waals surface area contributed by atoms with Crippen LogP contribution in [0.25, 0.3) is 0 Å². The van der Waals surface area contributed by atoms with Crippen LogP contribution in [0.15, 0.2) is 6.20 Å². The van der Waals surface area contributed by atoms with Gasteiger partial charge in [0, 0.05) is 24.1 Å². The van der Waals surface area contributed by atoms with Gasteiger partial charge in [0.25, 0.3) is 0 Å². The number of aliphatic hydroxyl groups is 1. The number of hydrogen-bond donors (Lipinski definition) is 3. The average Bonchev–Trinajstić information content (AvgIpc) is 2.12. The number of hydrogen-bond acceptors (Lipinski definition) is 4.